The highest BCUT2D eigenvalue weighted by molar-refractivity contribution is 7.89. The Bertz CT molecular complexity index is 999. The molecule has 8 nitrogen and oxygen atoms in total. The summed E-state index contributed by atoms with van der Waals surface area (Å²) < 4.78 is 39.5. The van der Waals surface area contributed by atoms with Gasteiger partial charge < -0.3 is 15.2 Å². The SMILES string of the molecule is O=C(NCCCS(=O)(=O)N1CCN(c2ccc(F)cc2)CC1)c1ccc[nH]c1=O. The van der Waals surface area contributed by atoms with Gasteiger partial charge >= 0.3 is 0 Å². The molecule has 0 unspecified atom stereocenters. The van der Waals surface area contributed by atoms with Crippen LogP contribution in [0.2, 0.25) is 0 Å². The average Bonchev–Trinajstić information content (AvgIpc) is 2.72. The molecule has 0 bridgehead atoms. The lowest BCUT2D eigenvalue weighted by molar-refractivity contribution is 0.0952. The van der Waals surface area contributed by atoms with Crippen molar-refractivity contribution < 1.29 is 17.6 Å². The fourth-order valence-electron chi connectivity index (χ4n) is 3.16. The molecular formula is C19H23FN4O4S. The number of H-pyrrole nitrogens is 1. The standard InChI is InChI=1S/C19H23FN4O4S/c20-15-4-6-16(7-5-15)23-10-12-24(13-11-23)29(27,28)14-2-9-22-19(26)17-3-1-8-21-18(17)25/h1,3-8H,2,9-14H2,(H,21,25)(H,22,26). The first kappa shape index (κ1) is 21.0. The second-order valence-corrected chi connectivity index (χ2v) is 8.79. The third kappa shape index (κ3) is 5.42. The maximum atomic E-state index is 13.0. The van der Waals surface area contributed by atoms with Crippen LogP contribution in [-0.2, 0) is 10.0 Å². The molecule has 1 aliphatic heterocycles. The molecule has 0 atom stereocenters. The van der Waals surface area contributed by atoms with E-state index in [-0.39, 0.29) is 30.1 Å². The summed E-state index contributed by atoms with van der Waals surface area (Å²) >= 11 is 0. The first-order chi connectivity index (χ1) is 13.9. The quantitative estimate of drug-likeness (QED) is 0.642. The van der Waals surface area contributed by atoms with Crippen LogP contribution in [0.25, 0.3) is 0 Å². The van der Waals surface area contributed by atoms with Gasteiger partial charge in [0.25, 0.3) is 11.5 Å². The Kier molecular flexibility index (Phi) is 6.65. The van der Waals surface area contributed by atoms with E-state index in [1.165, 1.54) is 28.7 Å². The Labute approximate surface area is 168 Å². The van der Waals surface area contributed by atoms with Gasteiger partial charge in [-0.15, -0.1) is 0 Å². The number of carbonyl (C=O) groups excluding carboxylic acids is 1. The smallest absolute Gasteiger partial charge is 0.260 e. The molecule has 0 spiro atoms. The topological polar surface area (TPSA) is 103 Å². The number of nitrogens with zero attached hydrogens (tertiary/aromatic N) is 2. The van der Waals surface area contributed by atoms with Gasteiger partial charge in [0.1, 0.15) is 11.4 Å². The van der Waals surface area contributed by atoms with Crippen molar-refractivity contribution in [2.24, 2.45) is 0 Å². The molecule has 1 amide bonds. The first-order valence-corrected chi connectivity index (χ1v) is 10.9. The summed E-state index contributed by atoms with van der Waals surface area (Å²) in [5.41, 5.74) is 0.367. The third-order valence-corrected chi connectivity index (χ3v) is 6.71. The van der Waals surface area contributed by atoms with Crippen LogP contribution in [-0.4, -0.2) is 62.1 Å². The van der Waals surface area contributed by atoms with E-state index in [4.69, 9.17) is 0 Å². The Hall–Kier alpha value is -2.72. The fourth-order valence-corrected chi connectivity index (χ4v) is 4.64. The average molecular weight is 422 g/mol. The van der Waals surface area contributed by atoms with E-state index >= 15 is 0 Å². The maximum absolute atomic E-state index is 13.0. The molecule has 3 rings (SSSR count). The van der Waals surface area contributed by atoms with Gasteiger partial charge in [0.05, 0.1) is 5.75 Å². The molecule has 156 valence electrons. The highest BCUT2D eigenvalue weighted by atomic mass is 32.2. The molecule has 1 aliphatic rings. The van der Waals surface area contributed by atoms with Gasteiger partial charge in [0.15, 0.2) is 0 Å². The molecule has 2 aromatic rings. The summed E-state index contributed by atoms with van der Waals surface area (Å²) in [6.45, 7) is 1.91. The van der Waals surface area contributed by atoms with Crippen LogP contribution in [0, 0.1) is 5.82 Å². The number of rotatable bonds is 7. The van der Waals surface area contributed by atoms with Crippen molar-refractivity contribution in [2.45, 2.75) is 6.42 Å². The molecule has 10 heteroatoms. The Balaban J connectivity index is 1.44. The summed E-state index contributed by atoms with van der Waals surface area (Å²) in [6.07, 6.45) is 1.68. The molecule has 0 saturated carbocycles. The summed E-state index contributed by atoms with van der Waals surface area (Å²) in [5, 5.41) is 2.57. The summed E-state index contributed by atoms with van der Waals surface area (Å²) in [4.78, 5) is 28.0. The van der Waals surface area contributed by atoms with Crippen LogP contribution in [0.1, 0.15) is 16.8 Å². The zero-order valence-electron chi connectivity index (χ0n) is 15.8. The number of nitrogens with one attached hydrogen (secondary N) is 2. The lowest BCUT2D eigenvalue weighted by Crippen LogP contribution is -2.49. The lowest BCUT2D eigenvalue weighted by Gasteiger charge is -2.35. The molecule has 0 radical (unpaired) electrons. The van der Waals surface area contributed by atoms with Gasteiger partial charge in [-0.2, -0.15) is 4.31 Å². The van der Waals surface area contributed by atoms with E-state index in [9.17, 15) is 22.4 Å². The number of aromatic nitrogens is 1. The third-order valence-electron chi connectivity index (χ3n) is 4.75. The largest absolute Gasteiger partial charge is 0.369 e. The van der Waals surface area contributed by atoms with Crippen LogP contribution < -0.4 is 15.8 Å². The normalized spacial score (nSPS) is 15.3. The number of benzene rings is 1. The van der Waals surface area contributed by atoms with Gasteiger partial charge in [-0.05, 0) is 42.8 Å². The highest BCUT2D eigenvalue weighted by Crippen LogP contribution is 2.18. The van der Waals surface area contributed by atoms with Gasteiger partial charge in [-0.25, -0.2) is 12.8 Å². The molecule has 2 heterocycles. The van der Waals surface area contributed by atoms with Gasteiger partial charge in [-0.1, -0.05) is 0 Å². The van der Waals surface area contributed by atoms with Crippen molar-refractivity contribution >= 4 is 21.6 Å². The molecule has 0 aliphatic carbocycles. The summed E-state index contributed by atoms with van der Waals surface area (Å²) in [7, 11) is -3.44. The van der Waals surface area contributed by atoms with Crippen molar-refractivity contribution in [1.82, 2.24) is 14.6 Å². The van der Waals surface area contributed by atoms with Crippen LogP contribution in [0.4, 0.5) is 10.1 Å². The molecule has 2 N–H and O–H groups in total. The Morgan fingerprint density at radius 3 is 2.45 bits per heavy atom. The second-order valence-electron chi connectivity index (χ2n) is 6.70. The monoisotopic (exact) mass is 422 g/mol. The predicted molar refractivity (Wildman–Crippen MR) is 108 cm³/mol. The number of anilines is 1. The van der Waals surface area contributed by atoms with E-state index < -0.39 is 21.5 Å². The van der Waals surface area contributed by atoms with Crippen LogP contribution in [0.15, 0.2) is 47.4 Å². The molecule has 29 heavy (non-hydrogen) atoms. The van der Waals surface area contributed by atoms with Gasteiger partial charge in [0.2, 0.25) is 10.0 Å². The summed E-state index contributed by atoms with van der Waals surface area (Å²) in [5.74, 6) is -0.925. The maximum Gasteiger partial charge on any atom is 0.260 e. The van der Waals surface area contributed by atoms with E-state index in [2.05, 4.69) is 10.3 Å². The van der Waals surface area contributed by atoms with Crippen molar-refractivity contribution in [3.05, 3.63) is 64.3 Å². The number of pyridine rings is 1. The van der Waals surface area contributed by atoms with Crippen LogP contribution in [0.3, 0.4) is 0 Å². The molecule has 1 aromatic carbocycles. The number of aromatic amines is 1. The molecule has 1 aromatic heterocycles. The van der Waals surface area contributed by atoms with E-state index in [0.717, 1.165) is 5.69 Å². The van der Waals surface area contributed by atoms with Gasteiger partial charge in [-0.3, -0.25) is 9.59 Å². The van der Waals surface area contributed by atoms with Crippen molar-refractivity contribution in [1.29, 1.82) is 0 Å². The van der Waals surface area contributed by atoms with E-state index in [1.807, 2.05) is 4.90 Å². The van der Waals surface area contributed by atoms with Crippen molar-refractivity contribution in [2.75, 3.05) is 43.4 Å². The fraction of sp³-hybridized carbons (Fsp3) is 0.368. The van der Waals surface area contributed by atoms with E-state index in [0.29, 0.717) is 26.2 Å². The number of hydrogen-bond donors (Lipinski definition) is 2. The summed E-state index contributed by atoms with van der Waals surface area (Å²) in [6, 6.07) is 9.09. The predicted octanol–water partition coefficient (Wildman–Crippen LogP) is 0.786. The first-order valence-electron chi connectivity index (χ1n) is 9.31. The van der Waals surface area contributed by atoms with Crippen LogP contribution in [0.5, 0.6) is 0 Å². The minimum atomic E-state index is -3.44. The molecular weight excluding hydrogens is 399 g/mol. The van der Waals surface area contributed by atoms with Crippen molar-refractivity contribution in [3.63, 3.8) is 0 Å². The Morgan fingerprint density at radius 2 is 1.79 bits per heavy atom. The number of sulfonamides is 1. The second kappa shape index (κ2) is 9.19. The number of piperazine rings is 1. The minimum Gasteiger partial charge on any atom is -0.369 e. The molecule has 1 saturated heterocycles. The van der Waals surface area contributed by atoms with Crippen molar-refractivity contribution in [3.8, 4) is 0 Å². The van der Waals surface area contributed by atoms with E-state index in [1.54, 1.807) is 18.2 Å². The zero-order valence-corrected chi connectivity index (χ0v) is 16.6. The number of halogens is 1. The zero-order chi connectivity index (χ0) is 20.9. The van der Waals surface area contributed by atoms with Crippen LogP contribution >= 0.6 is 0 Å². The number of hydrogen-bond acceptors (Lipinski definition) is 5. The highest BCUT2D eigenvalue weighted by Gasteiger charge is 2.26. The lowest BCUT2D eigenvalue weighted by atomic mass is 10.2. The number of amides is 1. The molecule has 1 fully saturated rings. The van der Waals surface area contributed by atoms with Gasteiger partial charge in [0, 0.05) is 44.6 Å². The Morgan fingerprint density at radius 1 is 1.10 bits per heavy atom. The number of carbonyl (C=O) groups is 1. The minimum absolute atomic E-state index is 0.00716.